The molecule has 0 aliphatic carbocycles. The van der Waals surface area contributed by atoms with Gasteiger partial charge in [-0.2, -0.15) is 0 Å². The van der Waals surface area contributed by atoms with Crippen molar-refractivity contribution in [2.75, 3.05) is 7.05 Å². The maximum absolute atomic E-state index is 4.49. The Morgan fingerprint density at radius 1 is 1.57 bits per heavy atom. The molecule has 0 atom stereocenters. The van der Waals surface area contributed by atoms with Crippen LogP contribution in [0.4, 0.5) is 0 Å². The third-order valence-electron chi connectivity index (χ3n) is 2.23. The first-order chi connectivity index (χ1) is 6.72. The van der Waals surface area contributed by atoms with Crippen LogP contribution >= 0.6 is 15.9 Å². The topological polar surface area (TPSA) is 29.3 Å². The Morgan fingerprint density at radius 2 is 2.36 bits per heavy atom. The maximum Gasteiger partial charge on any atom is 0.138 e. The summed E-state index contributed by atoms with van der Waals surface area (Å²) in [7, 11) is 1.94. The number of nitrogens with one attached hydrogen (secondary N) is 1. The average molecular weight is 254 g/mol. The van der Waals surface area contributed by atoms with E-state index >= 15 is 0 Å². The third kappa shape index (κ3) is 1.55. The van der Waals surface area contributed by atoms with Gasteiger partial charge >= 0.3 is 0 Å². The Hall–Kier alpha value is -0.870. The van der Waals surface area contributed by atoms with E-state index in [1.807, 2.05) is 32.3 Å². The summed E-state index contributed by atoms with van der Waals surface area (Å²) in [6.45, 7) is 2.88. The second kappa shape index (κ2) is 3.71. The Labute approximate surface area is 91.3 Å². The molecule has 3 nitrogen and oxygen atoms in total. The quantitative estimate of drug-likeness (QED) is 0.889. The molecule has 2 aromatic rings. The first-order valence-corrected chi connectivity index (χ1v) is 5.29. The van der Waals surface area contributed by atoms with E-state index in [9.17, 15) is 0 Å². The van der Waals surface area contributed by atoms with Crippen molar-refractivity contribution in [3.05, 3.63) is 34.2 Å². The zero-order valence-electron chi connectivity index (χ0n) is 8.21. The van der Waals surface area contributed by atoms with Gasteiger partial charge in [0.15, 0.2) is 0 Å². The number of rotatable bonds is 2. The van der Waals surface area contributed by atoms with Crippen molar-refractivity contribution in [3.63, 3.8) is 0 Å². The molecule has 0 aromatic carbocycles. The highest BCUT2D eigenvalue weighted by Crippen LogP contribution is 2.16. The highest BCUT2D eigenvalue weighted by molar-refractivity contribution is 9.10. The Kier molecular flexibility index (Phi) is 2.56. The van der Waals surface area contributed by atoms with Crippen LogP contribution in [0.1, 0.15) is 11.4 Å². The molecule has 0 unspecified atom stereocenters. The van der Waals surface area contributed by atoms with Crippen LogP contribution in [0.25, 0.3) is 5.65 Å². The Balaban J connectivity index is 2.64. The standard InChI is InChI=1S/C10H12BrN3/c1-7-9(6-12-2)14-4-3-8(11)5-10(14)13-7/h3-5,12H,6H2,1-2H3. The summed E-state index contributed by atoms with van der Waals surface area (Å²) in [6.07, 6.45) is 2.03. The molecule has 1 N–H and O–H groups in total. The van der Waals surface area contributed by atoms with Crippen molar-refractivity contribution < 1.29 is 0 Å². The molecule has 0 saturated carbocycles. The fourth-order valence-corrected chi connectivity index (χ4v) is 1.89. The molecular weight excluding hydrogens is 242 g/mol. The summed E-state index contributed by atoms with van der Waals surface area (Å²) < 4.78 is 3.17. The smallest absolute Gasteiger partial charge is 0.138 e. The summed E-state index contributed by atoms with van der Waals surface area (Å²) >= 11 is 3.44. The van der Waals surface area contributed by atoms with E-state index in [2.05, 4.69) is 30.6 Å². The maximum atomic E-state index is 4.49. The van der Waals surface area contributed by atoms with Crippen molar-refractivity contribution in [2.24, 2.45) is 0 Å². The number of imidazole rings is 1. The molecule has 4 heteroatoms. The van der Waals surface area contributed by atoms with Gasteiger partial charge < -0.3 is 9.72 Å². The van der Waals surface area contributed by atoms with E-state index in [1.165, 1.54) is 5.69 Å². The van der Waals surface area contributed by atoms with Crippen LogP contribution in [0, 0.1) is 6.92 Å². The normalized spacial score (nSPS) is 11.1. The minimum absolute atomic E-state index is 0.842. The van der Waals surface area contributed by atoms with Crippen LogP contribution in [0.2, 0.25) is 0 Å². The number of halogens is 1. The molecular formula is C10H12BrN3. The zero-order chi connectivity index (χ0) is 10.1. The minimum atomic E-state index is 0.842. The molecule has 0 saturated heterocycles. The second-order valence-electron chi connectivity index (χ2n) is 3.25. The summed E-state index contributed by atoms with van der Waals surface area (Å²) in [6, 6.07) is 4.04. The highest BCUT2D eigenvalue weighted by Gasteiger charge is 2.06. The lowest BCUT2D eigenvalue weighted by Gasteiger charge is -2.01. The first kappa shape index (κ1) is 9.68. The second-order valence-corrected chi connectivity index (χ2v) is 4.16. The molecule has 2 heterocycles. The van der Waals surface area contributed by atoms with Crippen LogP contribution in [-0.4, -0.2) is 16.4 Å². The lowest BCUT2D eigenvalue weighted by atomic mass is 10.3. The Morgan fingerprint density at radius 3 is 3.07 bits per heavy atom. The molecule has 2 rings (SSSR count). The van der Waals surface area contributed by atoms with Gasteiger partial charge in [0.2, 0.25) is 0 Å². The molecule has 0 radical (unpaired) electrons. The average Bonchev–Trinajstić information content (AvgIpc) is 2.43. The molecule has 0 fully saturated rings. The SMILES string of the molecule is CNCc1c(C)nc2cc(Br)ccn12. The molecule has 0 aliphatic rings. The predicted octanol–water partition coefficient (Wildman–Crippen LogP) is 2.12. The van der Waals surface area contributed by atoms with Crippen LogP contribution in [0.5, 0.6) is 0 Å². The lowest BCUT2D eigenvalue weighted by Crippen LogP contribution is -2.08. The molecule has 0 amide bonds. The number of aromatic nitrogens is 2. The van der Waals surface area contributed by atoms with E-state index in [4.69, 9.17) is 0 Å². The Bertz CT molecular complexity index is 462. The van der Waals surface area contributed by atoms with Crippen LogP contribution in [0.15, 0.2) is 22.8 Å². The summed E-state index contributed by atoms with van der Waals surface area (Å²) in [5.74, 6) is 0. The number of fused-ring (bicyclic) bond motifs is 1. The predicted molar refractivity (Wildman–Crippen MR) is 60.4 cm³/mol. The van der Waals surface area contributed by atoms with Crippen molar-refractivity contribution >= 4 is 21.6 Å². The number of hydrogen-bond donors (Lipinski definition) is 1. The van der Waals surface area contributed by atoms with Crippen molar-refractivity contribution in [2.45, 2.75) is 13.5 Å². The van der Waals surface area contributed by atoms with Crippen LogP contribution in [-0.2, 0) is 6.54 Å². The van der Waals surface area contributed by atoms with E-state index in [1.54, 1.807) is 0 Å². The summed E-state index contributed by atoms with van der Waals surface area (Å²) in [5, 5.41) is 3.15. The number of pyridine rings is 1. The fourth-order valence-electron chi connectivity index (χ4n) is 1.57. The van der Waals surface area contributed by atoms with Gasteiger partial charge in [0, 0.05) is 17.2 Å². The molecule has 0 bridgehead atoms. The highest BCUT2D eigenvalue weighted by atomic mass is 79.9. The number of aryl methyl sites for hydroxylation is 1. The minimum Gasteiger partial charge on any atom is -0.314 e. The van der Waals surface area contributed by atoms with Crippen molar-refractivity contribution in [1.82, 2.24) is 14.7 Å². The van der Waals surface area contributed by atoms with Gasteiger partial charge in [0.1, 0.15) is 5.65 Å². The number of nitrogens with zero attached hydrogens (tertiary/aromatic N) is 2. The monoisotopic (exact) mass is 253 g/mol. The van der Waals surface area contributed by atoms with Crippen molar-refractivity contribution in [3.8, 4) is 0 Å². The van der Waals surface area contributed by atoms with Gasteiger partial charge in [-0.15, -0.1) is 0 Å². The fraction of sp³-hybridized carbons (Fsp3) is 0.300. The summed E-state index contributed by atoms with van der Waals surface area (Å²) in [5.41, 5.74) is 3.29. The third-order valence-corrected chi connectivity index (χ3v) is 2.72. The lowest BCUT2D eigenvalue weighted by molar-refractivity contribution is 0.775. The molecule has 74 valence electrons. The molecule has 2 aromatic heterocycles. The van der Waals surface area contributed by atoms with Gasteiger partial charge in [0.05, 0.1) is 11.4 Å². The first-order valence-electron chi connectivity index (χ1n) is 4.50. The molecule has 0 spiro atoms. The van der Waals surface area contributed by atoms with E-state index < -0.39 is 0 Å². The van der Waals surface area contributed by atoms with Gasteiger partial charge in [-0.05, 0) is 26.1 Å². The van der Waals surface area contributed by atoms with Gasteiger partial charge in [-0.3, -0.25) is 0 Å². The van der Waals surface area contributed by atoms with E-state index in [0.29, 0.717) is 0 Å². The van der Waals surface area contributed by atoms with Gasteiger partial charge in [0.25, 0.3) is 0 Å². The van der Waals surface area contributed by atoms with Crippen LogP contribution < -0.4 is 5.32 Å². The van der Waals surface area contributed by atoms with Gasteiger partial charge in [-0.1, -0.05) is 15.9 Å². The number of hydrogen-bond acceptors (Lipinski definition) is 2. The zero-order valence-corrected chi connectivity index (χ0v) is 9.80. The molecule has 0 aliphatic heterocycles. The largest absolute Gasteiger partial charge is 0.314 e. The summed E-state index contributed by atoms with van der Waals surface area (Å²) in [4.78, 5) is 4.49. The van der Waals surface area contributed by atoms with Crippen molar-refractivity contribution in [1.29, 1.82) is 0 Å². The molecule has 14 heavy (non-hydrogen) atoms. The van der Waals surface area contributed by atoms with Gasteiger partial charge in [-0.25, -0.2) is 4.98 Å². The van der Waals surface area contributed by atoms with E-state index in [-0.39, 0.29) is 0 Å². The van der Waals surface area contributed by atoms with E-state index in [0.717, 1.165) is 22.4 Å². The van der Waals surface area contributed by atoms with Crippen LogP contribution in [0.3, 0.4) is 0 Å².